The molecule has 0 unspecified atom stereocenters. The molecule has 5 heteroatoms. The summed E-state index contributed by atoms with van der Waals surface area (Å²) >= 11 is 2.25. The summed E-state index contributed by atoms with van der Waals surface area (Å²) in [4.78, 5) is 13.9. The van der Waals surface area contributed by atoms with E-state index >= 15 is 0 Å². The van der Waals surface area contributed by atoms with Crippen molar-refractivity contribution in [1.29, 1.82) is 0 Å². The number of rotatable bonds is 7. The Kier molecular flexibility index (Phi) is 7.33. The molecule has 0 atom stereocenters. The first kappa shape index (κ1) is 16.4. The molecule has 0 aliphatic carbocycles. The van der Waals surface area contributed by atoms with E-state index in [9.17, 15) is 4.79 Å². The molecule has 0 heterocycles. The molecular weight excluding hydrogens is 355 g/mol. The molecule has 0 aliphatic heterocycles. The minimum absolute atomic E-state index is 0.0359. The number of aryl methyl sites for hydroxylation is 1. The lowest BCUT2D eigenvalue weighted by molar-refractivity contribution is -0.117. The number of nitrogens with zero attached hydrogens (tertiary/aromatic N) is 1. The number of anilines is 1. The Morgan fingerprint density at radius 3 is 2.74 bits per heavy atom. The number of aliphatic hydroxyl groups is 1. The van der Waals surface area contributed by atoms with Crippen LogP contribution in [-0.2, 0) is 4.79 Å². The van der Waals surface area contributed by atoms with Crippen LogP contribution in [0.1, 0.15) is 18.9 Å². The zero-order chi connectivity index (χ0) is 14.3. The average molecular weight is 376 g/mol. The highest BCUT2D eigenvalue weighted by atomic mass is 127. The fourth-order valence-corrected chi connectivity index (χ4v) is 2.53. The number of aliphatic hydroxyl groups excluding tert-OH is 1. The van der Waals surface area contributed by atoms with Gasteiger partial charge in [0, 0.05) is 15.8 Å². The topological polar surface area (TPSA) is 52.6 Å². The monoisotopic (exact) mass is 376 g/mol. The molecule has 4 nitrogen and oxygen atoms in total. The van der Waals surface area contributed by atoms with Gasteiger partial charge >= 0.3 is 0 Å². The third kappa shape index (κ3) is 5.88. The van der Waals surface area contributed by atoms with Gasteiger partial charge in [-0.05, 0) is 66.2 Å². The largest absolute Gasteiger partial charge is 0.395 e. The molecular formula is C14H21IN2O2. The highest BCUT2D eigenvalue weighted by Gasteiger charge is 2.10. The molecule has 106 valence electrons. The second kappa shape index (κ2) is 8.50. The molecule has 0 spiro atoms. The van der Waals surface area contributed by atoms with E-state index in [0.717, 1.165) is 27.8 Å². The Hall–Kier alpha value is -0.660. The maximum absolute atomic E-state index is 12.0. The van der Waals surface area contributed by atoms with Gasteiger partial charge in [0.1, 0.15) is 0 Å². The quantitative estimate of drug-likeness (QED) is 0.718. The summed E-state index contributed by atoms with van der Waals surface area (Å²) in [5.74, 6) is -0.0359. The lowest BCUT2D eigenvalue weighted by Gasteiger charge is -2.20. The summed E-state index contributed by atoms with van der Waals surface area (Å²) in [6.07, 6.45) is 0.968. The van der Waals surface area contributed by atoms with Crippen LogP contribution in [0, 0.1) is 10.5 Å². The molecule has 0 aliphatic rings. The van der Waals surface area contributed by atoms with Crippen LogP contribution in [0.25, 0.3) is 0 Å². The Bertz CT molecular complexity index is 418. The SMILES string of the molecule is CCCN(CCO)CC(=O)Nc1ccc(I)cc1C. The molecule has 0 aromatic heterocycles. The second-order valence-electron chi connectivity index (χ2n) is 4.51. The van der Waals surface area contributed by atoms with Crippen LogP contribution in [-0.4, -0.2) is 42.2 Å². The summed E-state index contributed by atoms with van der Waals surface area (Å²) in [6.45, 7) is 5.79. The molecule has 0 fully saturated rings. The number of halogens is 1. The van der Waals surface area contributed by atoms with E-state index in [0.29, 0.717) is 13.1 Å². The molecule has 19 heavy (non-hydrogen) atoms. The molecule has 1 aromatic carbocycles. The fraction of sp³-hybridized carbons (Fsp3) is 0.500. The standard InChI is InChI=1S/C14H21IN2O2/c1-3-6-17(7-8-18)10-14(19)16-13-5-4-12(15)9-11(13)2/h4-5,9,18H,3,6-8,10H2,1-2H3,(H,16,19). The van der Waals surface area contributed by atoms with Crippen LogP contribution >= 0.6 is 22.6 Å². The second-order valence-corrected chi connectivity index (χ2v) is 5.75. The smallest absolute Gasteiger partial charge is 0.238 e. The van der Waals surface area contributed by atoms with Crippen molar-refractivity contribution in [2.75, 3.05) is 31.6 Å². The van der Waals surface area contributed by atoms with Gasteiger partial charge in [-0.2, -0.15) is 0 Å². The lowest BCUT2D eigenvalue weighted by Crippen LogP contribution is -2.35. The van der Waals surface area contributed by atoms with Crippen molar-refractivity contribution >= 4 is 34.2 Å². The number of carbonyl (C=O) groups is 1. The first-order valence-electron chi connectivity index (χ1n) is 6.46. The van der Waals surface area contributed by atoms with Gasteiger partial charge in [0.15, 0.2) is 0 Å². The van der Waals surface area contributed by atoms with Crippen molar-refractivity contribution in [1.82, 2.24) is 4.90 Å². The molecule has 0 saturated carbocycles. The van der Waals surface area contributed by atoms with E-state index < -0.39 is 0 Å². The van der Waals surface area contributed by atoms with Crippen LogP contribution in [0.5, 0.6) is 0 Å². The van der Waals surface area contributed by atoms with E-state index in [4.69, 9.17) is 5.11 Å². The van der Waals surface area contributed by atoms with Crippen LogP contribution in [0.15, 0.2) is 18.2 Å². The lowest BCUT2D eigenvalue weighted by atomic mass is 10.2. The Balaban J connectivity index is 2.58. The first-order chi connectivity index (χ1) is 9.06. The molecule has 0 radical (unpaired) electrons. The summed E-state index contributed by atoms with van der Waals surface area (Å²) < 4.78 is 1.15. The summed E-state index contributed by atoms with van der Waals surface area (Å²) in [7, 11) is 0. The molecule has 1 aromatic rings. The maximum Gasteiger partial charge on any atom is 0.238 e. The normalized spacial score (nSPS) is 10.8. The van der Waals surface area contributed by atoms with Gasteiger partial charge in [-0.1, -0.05) is 6.92 Å². The van der Waals surface area contributed by atoms with Crippen LogP contribution in [0.4, 0.5) is 5.69 Å². The van der Waals surface area contributed by atoms with Crippen molar-refractivity contribution in [2.24, 2.45) is 0 Å². The average Bonchev–Trinajstić information content (AvgIpc) is 2.33. The number of nitrogens with one attached hydrogen (secondary N) is 1. The van der Waals surface area contributed by atoms with Gasteiger partial charge in [-0.3, -0.25) is 9.69 Å². The number of carbonyl (C=O) groups excluding carboxylic acids is 1. The van der Waals surface area contributed by atoms with Crippen LogP contribution < -0.4 is 5.32 Å². The number of benzene rings is 1. The van der Waals surface area contributed by atoms with Crippen LogP contribution in [0.3, 0.4) is 0 Å². The van der Waals surface area contributed by atoms with Gasteiger partial charge < -0.3 is 10.4 Å². The third-order valence-electron chi connectivity index (χ3n) is 2.79. The number of hydrogen-bond donors (Lipinski definition) is 2. The minimum atomic E-state index is -0.0359. The van der Waals surface area contributed by atoms with Gasteiger partial charge in [0.2, 0.25) is 5.91 Å². The molecule has 2 N–H and O–H groups in total. The van der Waals surface area contributed by atoms with Crippen molar-refractivity contribution < 1.29 is 9.90 Å². The predicted octanol–water partition coefficient (Wildman–Crippen LogP) is 2.24. The summed E-state index contributed by atoms with van der Waals surface area (Å²) in [6, 6.07) is 5.93. The predicted molar refractivity (Wildman–Crippen MR) is 86.3 cm³/mol. The third-order valence-corrected chi connectivity index (χ3v) is 3.46. The molecule has 0 bridgehead atoms. The van der Waals surface area contributed by atoms with Gasteiger partial charge in [0.25, 0.3) is 0 Å². The van der Waals surface area contributed by atoms with Gasteiger partial charge in [0.05, 0.1) is 13.2 Å². The molecule has 1 rings (SSSR count). The fourth-order valence-electron chi connectivity index (χ4n) is 1.89. The summed E-state index contributed by atoms with van der Waals surface area (Å²) in [5, 5.41) is 11.9. The molecule has 1 amide bonds. The highest BCUT2D eigenvalue weighted by molar-refractivity contribution is 14.1. The summed E-state index contributed by atoms with van der Waals surface area (Å²) in [5.41, 5.74) is 1.91. The van der Waals surface area contributed by atoms with Gasteiger partial charge in [-0.15, -0.1) is 0 Å². The zero-order valence-corrected chi connectivity index (χ0v) is 13.6. The van der Waals surface area contributed by atoms with Crippen molar-refractivity contribution in [2.45, 2.75) is 20.3 Å². The van der Waals surface area contributed by atoms with Crippen molar-refractivity contribution in [3.63, 3.8) is 0 Å². The Labute approximate surface area is 128 Å². The molecule has 0 saturated heterocycles. The van der Waals surface area contributed by atoms with E-state index in [1.807, 2.05) is 30.0 Å². The van der Waals surface area contributed by atoms with E-state index in [-0.39, 0.29) is 12.5 Å². The van der Waals surface area contributed by atoms with Gasteiger partial charge in [-0.25, -0.2) is 0 Å². The van der Waals surface area contributed by atoms with E-state index in [1.165, 1.54) is 0 Å². The number of amides is 1. The first-order valence-corrected chi connectivity index (χ1v) is 7.54. The zero-order valence-electron chi connectivity index (χ0n) is 11.4. The number of hydrogen-bond acceptors (Lipinski definition) is 3. The van der Waals surface area contributed by atoms with E-state index in [2.05, 4.69) is 34.8 Å². The van der Waals surface area contributed by atoms with Crippen LogP contribution in [0.2, 0.25) is 0 Å². The Morgan fingerprint density at radius 1 is 1.42 bits per heavy atom. The van der Waals surface area contributed by atoms with Crippen molar-refractivity contribution in [3.8, 4) is 0 Å². The minimum Gasteiger partial charge on any atom is -0.395 e. The van der Waals surface area contributed by atoms with Crippen molar-refractivity contribution in [3.05, 3.63) is 27.3 Å². The maximum atomic E-state index is 12.0. The highest BCUT2D eigenvalue weighted by Crippen LogP contribution is 2.17. The van der Waals surface area contributed by atoms with E-state index in [1.54, 1.807) is 0 Å². The Morgan fingerprint density at radius 2 is 2.16 bits per heavy atom.